The number of halogens is 1. The number of rotatable bonds is 6. The molecular formula is C12H15FN2O2S. The van der Waals surface area contributed by atoms with Gasteiger partial charge in [0, 0.05) is 12.6 Å². The summed E-state index contributed by atoms with van der Waals surface area (Å²) in [6.07, 6.45) is 2.15. The Bertz CT molecular complexity index is 452. The lowest BCUT2D eigenvalue weighted by atomic mass is 10.2. The molecule has 0 aromatic heterocycles. The third-order valence-electron chi connectivity index (χ3n) is 2.33. The molecule has 0 atom stereocenters. The van der Waals surface area contributed by atoms with Crippen molar-refractivity contribution in [3.05, 3.63) is 29.6 Å². The van der Waals surface area contributed by atoms with Crippen LogP contribution in [0, 0.1) is 5.82 Å². The number of carbonyl (C=O) groups excluding carboxylic acids is 1. The number of hydrogen-bond donors (Lipinski definition) is 3. The lowest BCUT2D eigenvalue weighted by Gasteiger charge is -2.06. The van der Waals surface area contributed by atoms with Crippen molar-refractivity contribution in [1.29, 1.82) is 0 Å². The molecule has 0 unspecified atom stereocenters. The lowest BCUT2D eigenvalue weighted by molar-refractivity contribution is 0.0949. The molecule has 98 valence electrons. The fourth-order valence-corrected chi connectivity index (χ4v) is 1.55. The highest BCUT2D eigenvalue weighted by atomic mass is 32.1. The Morgan fingerprint density at radius 2 is 2.17 bits per heavy atom. The number of hydrogen-bond acceptors (Lipinski definition) is 3. The van der Waals surface area contributed by atoms with Crippen LogP contribution in [0.2, 0.25) is 0 Å². The zero-order valence-corrected chi connectivity index (χ0v) is 10.6. The van der Waals surface area contributed by atoms with Gasteiger partial charge in [-0.1, -0.05) is 12.2 Å². The van der Waals surface area contributed by atoms with E-state index < -0.39 is 11.7 Å². The average Bonchev–Trinajstić information content (AvgIpc) is 2.27. The first-order valence-corrected chi connectivity index (χ1v) is 5.96. The summed E-state index contributed by atoms with van der Waals surface area (Å²) in [7, 11) is 0. The van der Waals surface area contributed by atoms with Gasteiger partial charge in [0.05, 0.1) is 10.6 Å². The summed E-state index contributed by atoms with van der Waals surface area (Å²) in [6.45, 7) is 0.432. The van der Waals surface area contributed by atoms with Gasteiger partial charge in [0.2, 0.25) is 0 Å². The summed E-state index contributed by atoms with van der Waals surface area (Å²) in [5, 5.41) is 11.6. The van der Waals surface area contributed by atoms with E-state index in [-0.39, 0.29) is 11.3 Å². The smallest absolute Gasteiger partial charge is 0.254 e. The van der Waals surface area contributed by atoms with E-state index in [0.717, 1.165) is 18.9 Å². The molecule has 18 heavy (non-hydrogen) atoms. The number of benzene rings is 1. The van der Waals surface area contributed by atoms with Gasteiger partial charge in [-0.25, -0.2) is 4.39 Å². The van der Waals surface area contributed by atoms with Crippen molar-refractivity contribution in [3.8, 4) is 5.75 Å². The van der Waals surface area contributed by atoms with Crippen LogP contribution < -0.4 is 11.1 Å². The van der Waals surface area contributed by atoms with E-state index in [9.17, 15) is 9.18 Å². The molecule has 4 nitrogen and oxygen atoms in total. The van der Waals surface area contributed by atoms with Crippen molar-refractivity contribution < 1.29 is 14.3 Å². The Morgan fingerprint density at radius 1 is 1.44 bits per heavy atom. The predicted octanol–water partition coefficient (Wildman–Crippen LogP) is 1.72. The molecular weight excluding hydrogens is 255 g/mol. The summed E-state index contributed by atoms with van der Waals surface area (Å²) in [5.41, 5.74) is 5.25. The lowest BCUT2D eigenvalue weighted by Crippen LogP contribution is -2.25. The van der Waals surface area contributed by atoms with Crippen LogP contribution in [-0.2, 0) is 0 Å². The molecule has 0 saturated heterocycles. The fraction of sp³-hybridized carbons (Fsp3) is 0.333. The van der Waals surface area contributed by atoms with Gasteiger partial charge in [-0.15, -0.1) is 0 Å². The maximum absolute atomic E-state index is 13.3. The number of nitrogens with one attached hydrogen (secondary N) is 1. The zero-order chi connectivity index (χ0) is 13.5. The molecule has 6 heteroatoms. The molecule has 0 radical (unpaired) electrons. The molecule has 0 aliphatic rings. The minimum atomic E-state index is -0.740. The van der Waals surface area contributed by atoms with Crippen LogP contribution in [-0.4, -0.2) is 22.5 Å². The standard InChI is InChI=1S/C12H15FN2O2S/c13-10-7-8(16)4-5-9(10)12(17)15-6-2-1-3-11(14)18/h4-5,7,16H,1-3,6H2,(H2,14,18)(H,15,17). The number of nitrogens with two attached hydrogens (primary N) is 1. The Morgan fingerprint density at radius 3 is 2.78 bits per heavy atom. The van der Waals surface area contributed by atoms with Gasteiger partial charge in [-0.3, -0.25) is 4.79 Å². The van der Waals surface area contributed by atoms with Gasteiger partial charge in [-0.05, 0) is 31.4 Å². The number of unbranched alkanes of at least 4 members (excludes halogenated alkanes) is 1. The number of amides is 1. The summed E-state index contributed by atoms with van der Waals surface area (Å²) in [6, 6.07) is 3.42. The maximum Gasteiger partial charge on any atom is 0.254 e. The second-order valence-electron chi connectivity index (χ2n) is 3.84. The van der Waals surface area contributed by atoms with Gasteiger partial charge in [0.15, 0.2) is 0 Å². The largest absolute Gasteiger partial charge is 0.508 e. The van der Waals surface area contributed by atoms with Crippen LogP contribution in [0.15, 0.2) is 18.2 Å². The van der Waals surface area contributed by atoms with Crippen molar-refractivity contribution in [2.75, 3.05) is 6.54 Å². The van der Waals surface area contributed by atoms with Crippen LogP contribution in [0.5, 0.6) is 5.75 Å². The second-order valence-corrected chi connectivity index (χ2v) is 4.37. The van der Waals surface area contributed by atoms with E-state index in [4.69, 9.17) is 23.1 Å². The van der Waals surface area contributed by atoms with Gasteiger partial charge in [-0.2, -0.15) is 0 Å². The van der Waals surface area contributed by atoms with Crippen molar-refractivity contribution in [2.45, 2.75) is 19.3 Å². The molecule has 1 amide bonds. The summed E-state index contributed by atoms with van der Waals surface area (Å²) in [5.74, 6) is -1.45. The Kier molecular flexibility index (Phi) is 5.51. The minimum absolute atomic E-state index is 0.0813. The first-order chi connectivity index (χ1) is 8.50. The molecule has 0 spiro atoms. The highest BCUT2D eigenvalue weighted by Gasteiger charge is 2.11. The first kappa shape index (κ1) is 14.4. The van der Waals surface area contributed by atoms with Crippen LogP contribution in [0.4, 0.5) is 4.39 Å². The van der Waals surface area contributed by atoms with Crippen LogP contribution >= 0.6 is 12.2 Å². The van der Waals surface area contributed by atoms with E-state index in [0.29, 0.717) is 18.0 Å². The van der Waals surface area contributed by atoms with Crippen LogP contribution in [0.3, 0.4) is 0 Å². The van der Waals surface area contributed by atoms with Gasteiger partial charge in [0.1, 0.15) is 11.6 Å². The van der Waals surface area contributed by atoms with E-state index in [2.05, 4.69) is 5.32 Å². The number of carbonyl (C=O) groups is 1. The summed E-state index contributed by atoms with van der Waals surface area (Å²) in [4.78, 5) is 12.0. The average molecular weight is 270 g/mol. The van der Waals surface area contributed by atoms with Crippen molar-refractivity contribution in [2.24, 2.45) is 5.73 Å². The molecule has 1 aromatic carbocycles. The van der Waals surface area contributed by atoms with Crippen LogP contribution in [0.25, 0.3) is 0 Å². The SMILES string of the molecule is NC(=S)CCCCNC(=O)c1ccc(O)cc1F. The molecule has 0 bridgehead atoms. The minimum Gasteiger partial charge on any atom is -0.508 e. The molecule has 0 aliphatic carbocycles. The molecule has 1 aromatic rings. The van der Waals surface area contributed by atoms with E-state index in [1.165, 1.54) is 12.1 Å². The quantitative estimate of drug-likeness (QED) is 0.543. The maximum atomic E-state index is 13.3. The number of aromatic hydroxyl groups is 1. The predicted molar refractivity (Wildman–Crippen MR) is 71.0 cm³/mol. The van der Waals surface area contributed by atoms with Crippen molar-refractivity contribution in [1.82, 2.24) is 5.32 Å². The Labute approximate surface area is 110 Å². The molecule has 1 rings (SSSR count). The molecule has 0 heterocycles. The number of thiocarbonyl (C=S) groups is 1. The third-order valence-corrected chi connectivity index (χ3v) is 2.54. The summed E-state index contributed by atoms with van der Waals surface area (Å²) >= 11 is 4.72. The fourth-order valence-electron chi connectivity index (χ4n) is 1.41. The van der Waals surface area contributed by atoms with E-state index >= 15 is 0 Å². The van der Waals surface area contributed by atoms with Crippen LogP contribution in [0.1, 0.15) is 29.6 Å². The molecule has 0 saturated carbocycles. The first-order valence-electron chi connectivity index (χ1n) is 5.55. The monoisotopic (exact) mass is 270 g/mol. The van der Waals surface area contributed by atoms with Gasteiger partial charge in [0.25, 0.3) is 5.91 Å². The zero-order valence-electron chi connectivity index (χ0n) is 9.78. The normalized spacial score (nSPS) is 10.1. The second kappa shape index (κ2) is 6.90. The molecule has 0 aliphatic heterocycles. The van der Waals surface area contributed by atoms with E-state index in [1.54, 1.807) is 0 Å². The highest BCUT2D eigenvalue weighted by molar-refractivity contribution is 7.80. The van der Waals surface area contributed by atoms with Crippen molar-refractivity contribution in [3.63, 3.8) is 0 Å². The topological polar surface area (TPSA) is 75.3 Å². The van der Waals surface area contributed by atoms with Gasteiger partial charge >= 0.3 is 0 Å². The number of phenolic OH excluding ortho intramolecular Hbond substituents is 1. The Balaban J connectivity index is 2.39. The van der Waals surface area contributed by atoms with Gasteiger partial charge < -0.3 is 16.2 Å². The summed E-state index contributed by atoms with van der Waals surface area (Å²) < 4.78 is 13.3. The molecule has 4 N–H and O–H groups in total. The highest BCUT2D eigenvalue weighted by Crippen LogP contribution is 2.14. The molecule has 0 fully saturated rings. The van der Waals surface area contributed by atoms with Crippen molar-refractivity contribution >= 4 is 23.1 Å². The third kappa shape index (κ3) is 4.67. The number of phenols is 1. The van der Waals surface area contributed by atoms with E-state index in [1.807, 2.05) is 0 Å². The Hall–Kier alpha value is -1.69.